The minimum atomic E-state index is -3.93. The quantitative estimate of drug-likeness (QED) is 0.626. The largest absolute Gasteiger partial charge is 0.383 e. The smallest absolute Gasteiger partial charge is 0.263 e. The van der Waals surface area contributed by atoms with E-state index in [2.05, 4.69) is 5.32 Å². The second-order valence-electron chi connectivity index (χ2n) is 4.26. The lowest BCUT2D eigenvalue weighted by Crippen LogP contribution is -2.27. The van der Waals surface area contributed by atoms with Crippen LogP contribution in [0.5, 0.6) is 0 Å². The number of anilines is 1. The highest BCUT2D eigenvalue weighted by Crippen LogP contribution is 2.27. The minimum Gasteiger partial charge on any atom is -0.383 e. The molecule has 6 nitrogen and oxygen atoms in total. The van der Waals surface area contributed by atoms with Crippen molar-refractivity contribution in [2.45, 2.75) is 4.90 Å². The van der Waals surface area contributed by atoms with Crippen molar-refractivity contribution in [2.24, 2.45) is 0 Å². The van der Waals surface area contributed by atoms with Gasteiger partial charge in [0.05, 0.1) is 12.3 Å². The van der Waals surface area contributed by atoms with E-state index in [9.17, 15) is 13.2 Å². The Labute approximate surface area is 123 Å². The second kappa shape index (κ2) is 6.92. The lowest BCUT2D eigenvalue weighted by Gasteiger charge is -2.16. The van der Waals surface area contributed by atoms with Crippen LogP contribution in [-0.2, 0) is 13.8 Å². The van der Waals surface area contributed by atoms with Crippen molar-refractivity contribution >= 4 is 31.3 Å². The van der Waals surface area contributed by atoms with Gasteiger partial charge in [-0.2, -0.15) is 0 Å². The summed E-state index contributed by atoms with van der Waals surface area (Å²) in [5, 5.41) is 2.61. The lowest BCUT2D eigenvalue weighted by atomic mass is 10.2. The molecule has 0 aliphatic carbocycles. The molecule has 1 aromatic rings. The van der Waals surface area contributed by atoms with Gasteiger partial charge in [0.1, 0.15) is 4.90 Å². The summed E-state index contributed by atoms with van der Waals surface area (Å²) in [5.74, 6) is -0.381. The molecule has 0 aliphatic heterocycles. The number of carbonyl (C=O) groups is 1. The summed E-state index contributed by atoms with van der Waals surface area (Å²) in [6, 6.07) is 4.35. The van der Waals surface area contributed by atoms with Crippen LogP contribution in [0, 0.1) is 0 Å². The fraction of sp³-hybridized carbons (Fsp3) is 0.417. The predicted octanol–water partition coefficient (Wildman–Crippen LogP) is 1.06. The average molecular weight is 321 g/mol. The normalized spacial score (nSPS) is 11.2. The van der Waals surface area contributed by atoms with Gasteiger partial charge in [-0.05, 0) is 18.2 Å². The van der Waals surface area contributed by atoms with E-state index in [0.717, 1.165) is 0 Å². The monoisotopic (exact) mass is 320 g/mol. The molecule has 20 heavy (non-hydrogen) atoms. The Bertz CT molecular complexity index is 587. The maximum absolute atomic E-state index is 11.9. The molecule has 0 saturated heterocycles. The third kappa shape index (κ3) is 4.36. The molecule has 0 spiro atoms. The molecular formula is C12H17ClN2O4S. The number of carbonyl (C=O) groups excluding carboxylic acids is 1. The summed E-state index contributed by atoms with van der Waals surface area (Å²) in [6.45, 7) is 0.718. The molecule has 112 valence electrons. The fourth-order valence-electron chi connectivity index (χ4n) is 1.59. The van der Waals surface area contributed by atoms with Gasteiger partial charge in [-0.1, -0.05) is 0 Å². The zero-order valence-electron chi connectivity index (χ0n) is 11.5. The summed E-state index contributed by atoms with van der Waals surface area (Å²) in [4.78, 5) is 13.4. The molecule has 0 radical (unpaired) electrons. The molecule has 1 rings (SSSR count). The van der Waals surface area contributed by atoms with Gasteiger partial charge in [-0.3, -0.25) is 4.79 Å². The molecule has 0 heterocycles. The van der Waals surface area contributed by atoms with E-state index in [1.165, 1.54) is 13.2 Å². The van der Waals surface area contributed by atoms with Crippen molar-refractivity contribution in [1.29, 1.82) is 0 Å². The molecule has 1 N–H and O–H groups in total. The van der Waals surface area contributed by atoms with Gasteiger partial charge in [0.25, 0.3) is 15.0 Å². The third-order valence-electron chi connectivity index (χ3n) is 2.56. The molecule has 0 unspecified atom stereocenters. The van der Waals surface area contributed by atoms with Gasteiger partial charge in [-0.15, -0.1) is 0 Å². The van der Waals surface area contributed by atoms with Crippen molar-refractivity contribution in [3.8, 4) is 0 Å². The topological polar surface area (TPSA) is 75.7 Å². The molecule has 0 saturated carbocycles. The molecule has 8 heteroatoms. The van der Waals surface area contributed by atoms with Crippen molar-refractivity contribution in [3.63, 3.8) is 0 Å². The Morgan fingerprint density at radius 1 is 1.40 bits per heavy atom. The van der Waals surface area contributed by atoms with E-state index in [1.54, 1.807) is 31.1 Å². The highest BCUT2D eigenvalue weighted by molar-refractivity contribution is 8.13. The SMILES string of the molecule is COCCNC(=O)c1ccc(N(C)C)c(S(=O)(=O)Cl)c1. The van der Waals surface area contributed by atoms with Gasteiger partial charge in [0.2, 0.25) is 0 Å². The molecule has 0 bridgehead atoms. The minimum absolute atomic E-state index is 0.0939. The van der Waals surface area contributed by atoms with Crippen LogP contribution in [0.2, 0.25) is 0 Å². The summed E-state index contributed by atoms with van der Waals surface area (Å²) in [5.41, 5.74) is 0.652. The lowest BCUT2D eigenvalue weighted by molar-refractivity contribution is 0.0937. The third-order valence-corrected chi connectivity index (χ3v) is 3.91. The number of nitrogens with zero attached hydrogens (tertiary/aromatic N) is 1. The van der Waals surface area contributed by atoms with Crippen LogP contribution in [0.1, 0.15) is 10.4 Å². The Hall–Kier alpha value is -1.31. The Kier molecular flexibility index (Phi) is 5.79. The first-order valence-electron chi connectivity index (χ1n) is 5.80. The Morgan fingerprint density at radius 2 is 2.05 bits per heavy atom. The highest BCUT2D eigenvalue weighted by Gasteiger charge is 2.19. The van der Waals surface area contributed by atoms with Gasteiger partial charge in [0.15, 0.2) is 0 Å². The van der Waals surface area contributed by atoms with Crippen LogP contribution >= 0.6 is 10.7 Å². The summed E-state index contributed by atoms with van der Waals surface area (Å²) >= 11 is 0. The van der Waals surface area contributed by atoms with Crippen LogP contribution < -0.4 is 10.2 Å². The number of rotatable bonds is 6. The van der Waals surface area contributed by atoms with Crippen molar-refractivity contribution < 1.29 is 17.9 Å². The molecule has 0 atom stereocenters. The number of hydrogen-bond acceptors (Lipinski definition) is 5. The fourth-order valence-corrected chi connectivity index (χ4v) is 2.73. The van der Waals surface area contributed by atoms with Crippen LogP contribution in [0.15, 0.2) is 23.1 Å². The number of amides is 1. The average Bonchev–Trinajstić information content (AvgIpc) is 2.37. The molecule has 0 aliphatic rings. The molecule has 0 aromatic heterocycles. The Morgan fingerprint density at radius 3 is 2.55 bits per heavy atom. The first-order valence-corrected chi connectivity index (χ1v) is 8.11. The number of ether oxygens (including phenoxy) is 1. The molecular weight excluding hydrogens is 304 g/mol. The maximum atomic E-state index is 11.9. The number of nitrogens with one attached hydrogen (secondary N) is 1. The van der Waals surface area contributed by atoms with Crippen LogP contribution in [0.4, 0.5) is 5.69 Å². The summed E-state index contributed by atoms with van der Waals surface area (Å²) < 4.78 is 28.0. The maximum Gasteiger partial charge on any atom is 0.263 e. The summed E-state index contributed by atoms with van der Waals surface area (Å²) in [7, 11) is 6.38. The molecule has 1 amide bonds. The zero-order chi connectivity index (χ0) is 15.3. The van der Waals surface area contributed by atoms with E-state index in [4.69, 9.17) is 15.4 Å². The number of halogens is 1. The van der Waals surface area contributed by atoms with Gasteiger partial charge >= 0.3 is 0 Å². The van der Waals surface area contributed by atoms with Crippen molar-refractivity contribution in [1.82, 2.24) is 5.32 Å². The standard InChI is InChI=1S/C12H17ClN2O4S/c1-15(2)10-5-4-9(8-11(10)20(13,17)18)12(16)14-6-7-19-3/h4-5,8H,6-7H2,1-3H3,(H,14,16). The second-order valence-corrected chi connectivity index (χ2v) is 6.80. The van der Waals surface area contributed by atoms with Gasteiger partial charge in [-0.25, -0.2) is 8.42 Å². The number of benzene rings is 1. The van der Waals surface area contributed by atoms with Gasteiger partial charge in [0, 0.05) is 44.0 Å². The van der Waals surface area contributed by atoms with E-state index in [1.807, 2.05) is 0 Å². The van der Waals surface area contributed by atoms with Crippen molar-refractivity contribution in [2.75, 3.05) is 39.3 Å². The predicted molar refractivity (Wildman–Crippen MR) is 78.0 cm³/mol. The summed E-state index contributed by atoms with van der Waals surface area (Å²) in [6.07, 6.45) is 0. The van der Waals surface area contributed by atoms with E-state index < -0.39 is 9.05 Å². The first kappa shape index (κ1) is 16.7. The zero-order valence-corrected chi connectivity index (χ0v) is 13.1. The number of methoxy groups -OCH3 is 1. The number of hydrogen-bond donors (Lipinski definition) is 1. The van der Waals surface area contributed by atoms with E-state index in [-0.39, 0.29) is 16.4 Å². The van der Waals surface area contributed by atoms with E-state index in [0.29, 0.717) is 18.8 Å². The molecule has 1 aromatic carbocycles. The van der Waals surface area contributed by atoms with Crippen molar-refractivity contribution in [3.05, 3.63) is 23.8 Å². The van der Waals surface area contributed by atoms with E-state index >= 15 is 0 Å². The van der Waals surface area contributed by atoms with Crippen LogP contribution in [-0.4, -0.2) is 48.7 Å². The molecule has 0 fully saturated rings. The Balaban J connectivity index is 3.10. The van der Waals surface area contributed by atoms with Gasteiger partial charge < -0.3 is 15.0 Å². The highest BCUT2D eigenvalue weighted by atomic mass is 35.7. The van der Waals surface area contributed by atoms with Crippen LogP contribution in [0.3, 0.4) is 0 Å². The van der Waals surface area contributed by atoms with Crippen LogP contribution in [0.25, 0.3) is 0 Å². The first-order chi connectivity index (χ1) is 9.27.